The number of nitrogens with one attached hydrogen (secondary N) is 1. The summed E-state index contributed by atoms with van der Waals surface area (Å²) in [4.78, 5) is 27.7. The van der Waals surface area contributed by atoms with E-state index in [0.717, 1.165) is 16.8 Å². The van der Waals surface area contributed by atoms with E-state index in [-0.39, 0.29) is 18.1 Å². The molecule has 6 nitrogen and oxygen atoms in total. The quantitative estimate of drug-likeness (QED) is 0.822. The lowest BCUT2D eigenvalue weighted by Gasteiger charge is -2.51. The number of benzene rings is 2. The number of methoxy groups -OCH3 is 2. The monoisotopic (exact) mass is 364 g/mol. The highest BCUT2D eigenvalue weighted by molar-refractivity contribution is 5.91. The van der Waals surface area contributed by atoms with E-state index in [2.05, 4.69) is 17.4 Å². The second kappa shape index (κ2) is 5.82. The number of fused-ring (bicyclic) bond motifs is 7. The van der Waals surface area contributed by atoms with Crippen LogP contribution in [0.3, 0.4) is 0 Å². The Kier molecular flexibility index (Phi) is 3.52. The van der Waals surface area contributed by atoms with Crippen LogP contribution in [0.25, 0.3) is 0 Å². The summed E-state index contributed by atoms with van der Waals surface area (Å²) < 4.78 is 10.2. The second-order valence-corrected chi connectivity index (χ2v) is 7.18. The summed E-state index contributed by atoms with van der Waals surface area (Å²) in [6, 6.07) is 15.2. The lowest BCUT2D eigenvalue weighted by molar-refractivity contribution is -0.157. The summed E-state index contributed by atoms with van der Waals surface area (Å²) in [5, 5.41) is 3.61. The van der Waals surface area contributed by atoms with Gasteiger partial charge in [0.25, 0.3) is 0 Å². The van der Waals surface area contributed by atoms with Crippen molar-refractivity contribution in [2.24, 2.45) is 5.92 Å². The Morgan fingerprint density at radius 2 is 1.52 bits per heavy atom. The van der Waals surface area contributed by atoms with Crippen LogP contribution in [0.1, 0.15) is 28.7 Å². The Balaban J connectivity index is 1.81. The summed E-state index contributed by atoms with van der Waals surface area (Å²) in [6.07, 6.45) is -0.104. The zero-order valence-corrected chi connectivity index (χ0v) is 15.1. The second-order valence-electron chi connectivity index (χ2n) is 7.18. The molecule has 6 heteroatoms. The fourth-order valence-electron chi connectivity index (χ4n) is 5.09. The van der Waals surface area contributed by atoms with Gasteiger partial charge in [-0.15, -0.1) is 0 Å². The van der Waals surface area contributed by atoms with E-state index < -0.39 is 23.9 Å². The minimum absolute atomic E-state index is 0.0967. The molecule has 1 fully saturated rings. The standard InChI is InChI=1S/C21H20N2O4/c1-26-20(24)16-17-12-8-4-3-7-11(12)15-13-9-5-6-10-14(13)23(19(15)22-17)18(16)21(25)27-2/h3-10,15-19,22H,1-2H3/t15-,16+,17+,18-,19+/m0/s1. The third kappa shape index (κ3) is 2.04. The van der Waals surface area contributed by atoms with Crippen molar-refractivity contribution in [3.63, 3.8) is 0 Å². The van der Waals surface area contributed by atoms with Gasteiger partial charge in [-0.2, -0.15) is 0 Å². The molecular formula is C21H20N2O4. The number of nitrogens with zero attached hydrogens (tertiary/aromatic N) is 1. The van der Waals surface area contributed by atoms with Gasteiger partial charge in [0.2, 0.25) is 0 Å². The van der Waals surface area contributed by atoms with Crippen molar-refractivity contribution in [1.82, 2.24) is 5.32 Å². The summed E-state index contributed by atoms with van der Waals surface area (Å²) >= 11 is 0. The van der Waals surface area contributed by atoms with Crippen LogP contribution in [0.5, 0.6) is 0 Å². The van der Waals surface area contributed by atoms with Crippen LogP contribution < -0.4 is 10.2 Å². The molecule has 0 spiro atoms. The van der Waals surface area contributed by atoms with Gasteiger partial charge in [-0.25, -0.2) is 4.79 Å². The summed E-state index contributed by atoms with van der Waals surface area (Å²) in [7, 11) is 2.72. The number of esters is 2. The molecule has 2 aromatic rings. The van der Waals surface area contributed by atoms with E-state index >= 15 is 0 Å². The maximum Gasteiger partial charge on any atom is 0.329 e. The minimum atomic E-state index is -0.738. The molecular weight excluding hydrogens is 344 g/mol. The van der Waals surface area contributed by atoms with Gasteiger partial charge in [0.15, 0.2) is 0 Å². The highest BCUT2D eigenvalue weighted by Gasteiger charge is 2.59. The predicted octanol–water partition coefficient (Wildman–Crippen LogP) is 1.95. The van der Waals surface area contributed by atoms with Gasteiger partial charge in [0.1, 0.15) is 12.0 Å². The Bertz CT molecular complexity index is 943. The first kappa shape index (κ1) is 16.3. The number of hydrogen-bond donors (Lipinski definition) is 1. The lowest BCUT2D eigenvalue weighted by atomic mass is 9.74. The molecule has 3 aliphatic rings. The van der Waals surface area contributed by atoms with Gasteiger partial charge in [-0.05, 0) is 22.8 Å². The van der Waals surface area contributed by atoms with E-state index in [1.54, 1.807) is 0 Å². The van der Waals surface area contributed by atoms with Crippen molar-refractivity contribution in [2.75, 3.05) is 19.1 Å². The highest BCUT2D eigenvalue weighted by atomic mass is 16.5. The number of para-hydroxylation sites is 1. The van der Waals surface area contributed by atoms with Crippen molar-refractivity contribution in [3.05, 3.63) is 65.2 Å². The molecule has 27 heavy (non-hydrogen) atoms. The van der Waals surface area contributed by atoms with Crippen molar-refractivity contribution in [3.8, 4) is 0 Å². The smallest absolute Gasteiger partial charge is 0.329 e. The largest absolute Gasteiger partial charge is 0.469 e. The average Bonchev–Trinajstić information content (AvgIpc) is 3.07. The van der Waals surface area contributed by atoms with Crippen molar-refractivity contribution >= 4 is 17.6 Å². The molecule has 0 amide bonds. The first-order chi connectivity index (χ1) is 13.2. The molecule has 1 N–H and O–H groups in total. The van der Waals surface area contributed by atoms with Crippen LogP contribution in [-0.4, -0.2) is 38.4 Å². The third-order valence-corrected chi connectivity index (χ3v) is 6.10. The van der Waals surface area contributed by atoms with Gasteiger partial charge >= 0.3 is 11.9 Å². The molecule has 3 heterocycles. The summed E-state index contributed by atoms with van der Waals surface area (Å²) in [6.45, 7) is 0. The van der Waals surface area contributed by atoms with Crippen molar-refractivity contribution < 1.29 is 19.1 Å². The van der Waals surface area contributed by atoms with Crippen LogP contribution in [0, 0.1) is 5.92 Å². The number of carbonyl (C=O) groups excluding carboxylic acids is 2. The zero-order valence-electron chi connectivity index (χ0n) is 15.1. The fraction of sp³-hybridized carbons (Fsp3) is 0.333. The van der Waals surface area contributed by atoms with Crippen LogP contribution in [0.15, 0.2) is 48.5 Å². The van der Waals surface area contributed by atoms with Crippen LogP contribution >= 0.6 is 0 Å². The lowest BCUT2D eigenvalue weighted by Crippen LogP contribution is -2.67. The van der Waals surface area contributed by atoms with E-state index in [1.165, 1.54) is 19.8 Å². The van der Waals surface area contributed by atoms with Gasteiger partial charge in [0.05, 0.1) is 26.4 Å². The minimum Gasteiger partial charge on any atom is -0.469 e. The van der Waals surface area contributed by atoms with Gasteiger partial charge < -0.3 is 14.4 Å². The Morgan fingerprint density at radius 1 is 0.889 bits per heavy atom. The van der Waals surface area contributed by atoms with Crippen LogP contribution in [0.2, 0.25) is 0 Å². The van der Waals surface area contributed by atoms with E-state index in [4.69, 9.17) is 9.47 Å². The molecule has 0 saturated carbocycles. The predicted molar refractivity (Wildman–Crippen MR) is 98.2 cm³/mol. The number of ether oxygens (including phenoxy) is 2. The SMILES string of the molecule is COC(=O)[C@@H]1[C@@H]2N[C@H]3[C@@H](c4ccccc42)c2ccccc2N3[C@@H]1C(=O)OC. The molecule has 5 rings (SSSR count). The molecule has 0 unspecified atom stereocenters. The first-order valence-electron chi connectivity index (χ1n) is 9.05. The normalized spacial score (nSPS) is 29.6. The molecule has 0 aromatic heterocycles. The molecule has 0 aliphatic carbocycles. The van der Waals surface area contributed by atoms with E-state index in [1.807, 2.05) is 41.3 Å². The maximum atomic E-state index is 12.8. The topological polar surface area (TPSA) is 67.9 Å². The molecule has 2 aromatic carbocycles. The average molecular weight is 364 g/mol. The summed E-state index contributed by atoms with van der Waals surface area (Å²) in [5.41, 5.74) is 4.35. The maximum absolute atomic E-state index is 12.8. The fourth-order valence-corrected chi connectivity index (χ4v) is 5.09. The molecule has 5 atom stereocenters. The number of anilines is 1. The van der Waals surface area contributed by atoms with Gasteiger partial charge in [0, 0.05) is 11.6 Å². The first-order valence-corrected chi connectivity index (χ1v) is 9.05. The van der Waals surface area contributed by atoms with Gasteiger partial charge in [-0.3, -0.25) is 10.1 Å². The van der Waals surface area contributed by atoms with E-state index in [0.29, 0.717) is 0 Å². The van der Waals surface area contributed by atoms with Crippen LogP contribution in [0.4, 0.5) is 5.69 Å². The molecule has 2 bridgehead atoms. The Hall–Kier alpha value is -2.86. The summed E-state index contributed by atoms with van der Waals surface area (Å²) in [5.74, 6) is -1.44. The number of rotatable bonds is 2. The zero-order chi connectivity index (χ0) is 18.7. The van der Waals surface area contributed by atoms with E-state index in [9.17, 15) is 9.59 Å². The van der Waals surface area contributed by atoms with Crippen LogP contribution in [-0.2, 0) is 19.1 Å². The molecule has 1 saturated heterocycles. The Morgan fingerprint density at radius 3 is 2.22 bits per heavy atom. The van der Waals surface area contributed by atoms with Crippen molar-refractivity contribution in [1.29, 1.82) is 0 Å². The Labute approximate surface area is 157 Å². The molecule has 138 valence electrons. The molecule has 0 radical (unpaired) electrons. The number of hydrogen-bond acceptors (Lipinski definition) is 6. The van der Waals surface area contributed by atoms with Gasteiger partial charge in [-0.1, -0.05) is 42.5 Å². The number of carbonyl (C=O) groups is 2. The highest BCUT2D eigenvalue weighted by Crippen LogP contribution is 2.54. The van der Waals surface area contributed by atoms with Crippen molar-refractivity contribution in [2.45, 2.75) is 24.2 Å². The molecule has 3 aliphatic heterocycles. The third-order valence-electron chi connectivity index (χ3n) is 6.10.